The molecule has 0 aromatic heterocycles. The summed E-state index contributed by atoms with van der Waals surface area (Å²) < 4.78 is 24.7. The maximum atomic E-state index is 13.8. The van der Waals surface area contributed by atoms with Gasteiger partial charge in [-0.05, 0) is 24.3 Å². The van der Waals surface area contributed by atoms with Crippen LogP contribution in [0.5, 0.6) is 11.5 Å². The van der Waals surface area contributed by atoms with Gasteiger partial charge in [-0.25, -0.2) is 4.39 Å². The highest BCUT2D eigenvalue weighted by atomic mass is 32.2. The van der Waals surface area contributed by atoms with Crippen molar-refractivity contribution in [3.8, 4) is 11.5 Å². The quantitative estimate of drug-likeness (QED) is 0.575. The van der Waals surface area contributed by atoms with Crippen LogP contribution in [0.1, 0.15) is 12.0 Å². The van der Waals surface area contributed by atoms with Crippen molar-refractivity contribution in [2.45, 2.75) is 6.42 Å². The number of rotatable bonds is 5. The monoisotopic (exact) mass is 430 g/mol. The van der Waals surface area contributed by atoms with Crippen LogP contribution >= 0.6 is 24.0 Å². The normalized spacial score (nSPS) is 16.6. The number of hydrogen-bond acceptors (Lipinski definition) is 6. The molecule has 0 bridgehead atoms. The van der Waals surface area contributed by atoms with Gasteiger partial charge in [-0.15, -0.1) is 0 Å². The minimum Gasteiger partial charge on any atom is -0.454 e. The summed E-state index contributed by atoms with van der Waals surface area (Å²) in [5, 5.41) is 2.76. The van der Waals surface area contributed by atoms with Crippen LogP contribution in [0.3, 0.4) is 0 Å². The van der Waals surface area contributed by atoms with Gasteiger partial charge in [0.05, 0.1) is 4.91 Å². The van der Waals surface area contributed by atoms with Crippen molar-refractivity contribution in [1.82, 2.24) is 4.90 Å². The number of hydrogen-bond donors (Lipinski definition) is 1. The van der Waals surface area contributed by atoms with E-state index in [0.717, 1.165) is 11.8 Å². The van der Waals surface area contributed by atoms with E-state index in [1.165, 1.54) is 17.0 Å². The van der Waals surface area contributed by atoms with Gasteiger partial charge in [-0.3, -0.25) is 14.5 Å². The first kappa shape index (κ1) is 19.4. The van der Waals surface area contributed by atoms with Crippen molar-refractivity contribution in [2.75, 3.05) is 18.7 Å². The minimum atomic E-state index is -0.416. The molecule has 1 N–H and O–H groups in total. The van der Waals surface area contributed by atoms with Crippen LogP contribution in [0.2, 0.25) is 0 Å². The smallest absolute Gasteiger partial charge is 0.266 e. The van der Waals surface area contributed by atoms with Gasteiger partial charge in [0.25, 0.3) is 5.91 Å². The zero-order valence-electron chi connectivity index (χ0n) is 15.0. The second-order valence-corrected chi connectivity index (χ2v) is 7.90. The molecule has 6 nitrogen and oxygen atoms in total. The van der Waals surface area contributed by atoms with E-state index in [9.17, 15) is 14.0 Å². The van der Waals surface area contributed by atoms with E-state index >= 15 is 0 Å². The third kappa shape index (κ3) is 4.25. The lowest BCUT2D eigenvalue weighted by Gasteiger charge is -2.14. The summed E-state index contributed by atoms with van der Waals surface area (Å²) >= 11 is 6.35. The van der Waals surface area contributed by atoms with Gasteiger partial charge >= 0.3 is 0 Å². The van der Waals surface area contributed by atoms with Gasteiger partial charge in [0.1, 0.15) is 10.1 Å². The summed E-state index contributed by atoms with van der Waals surface area (Å²) in [5.41, 5.74) is 0.887. The van der Waals surface area contributed by atoms with Crippen LogP contribution < -0.4 is 14.8 Å². The van der Waals surface area contributed by atoms with Crippen molar-refractivity contribution in [3.63, 3.8) is 0 Å². The van der Waals surface area contributed by atoms with Crippen molar-refractivity contribution in [1.29, 1.82) is 0 Å². The van der Waals surface area contributed by atoms with Crippen LogP contribution in [0.15, 0.2) is 47.4 Å². The van der Waals surface area contributed by atoms with E-state index in [-0.39, 0.29) is 31.6 Å². The number of thioether (sulfide) groups is 1. The predicted octanol–water partition coefficient (Wildman–Crippen LogP) is 3.78. The molecule has 9 heteroatoms. The largest absolute Gasteiger partial charge is 0.454 e. The number of fused-ring (bicyclic) bond motifs is 1. The molecule has 4 rings (SSSR count). The molecule has 1 fully saturated rings. The number of halogens is 1. The molecule has 29 heavy (non-hydrogen) atoms. The van der Waals surface area contributed by atoms with Crippen molar-refractivity contribution in [2.24, 2.45) is 0 Å². The number of ether oxygens (including phenoxy) is 2. The zero-order valence-corrected chi connectivity index (χ0v) is 16.6. The Labute approximate surface area is 175 Å². The molecule has 2 aliphatic heterocycles. The Balaban J connectivity index is 1.37. The number of amides is 2. The van der Waals surface area contributed by atoms with Crippen LogP contribution in [0.4, 0.5) is 10.1 Å². The molecule has 0 unspecified atom stereocenters. The maximum Gasteiger partial charge on any atom is 0.266 e. The standard InChI is InChI=1S/C20H15FN2O4S2/c21-14-4-2-1-3-12(14)9-17-19(25)23(20(28)29-17)8-7-18(24)22-13-5-6-15-16(10-13)27-11-26-15/h1-6,9-10H,7-8,11H2,(H,22,24)/b17-9-. The number of nitrogens with zero attached hydrogens (tertiary/aromatic N) is 1. The first-order valence-electron chi connectivity index (χ1n) is 8.70. The van der Waals surface area contributed by atoms with Gasteiger partial charge in [0.15, 0.2) is 11.5 Å². The van der Waals surface area contributed by atoms with E-state index in [0.29, 0.717) is 32.0 Å². The van der Waals surface area contributed by atoms with E-state index < -0.39 is 5.82 Å². The first-order valence-corrected chi connectivity index (χ1v) is 9.93. The van der Waals surface area contributed by atoms with Gasteiger partial charge in [0.2, 0.25) is 12.7 Å². The maximum absolute atomic E-state index is 13.8. The molecule has 2 aromatic rings. The molecule has 1 saturated heterocycles. The van der Waals surface area contributed by atoms with Crippen LogP contribution in [0, 0.1) is 5.82 Å². The van der Waals surface area contributed by atoms with Gasteiger partial charge in [-0.2, -0.15) is 0 Å². The SMILES string of the molecule is O=C(CCN1C(=O)/C(=C/c2ccccc2F)SC1=S)Nc1ccc2c(c1)OCO2. The van der Waals surface area contributed by atoms with Gasteiger partial charge < -0.3 is 14.8 Å². The second-order valence-electron chi connectivity index (χ2n) is 6.22. The molecule has 0 spiro atoms. The highest BCUT2D eigenvalue weighted by Crippen LogP contribution is 2.35. The predicted molar refractivity (Wildman–Crippen MR) is 112 cm³/mol. The zero-order chi connectivity index (χ0) is 20.4. The molecule has 0 radical (unpaired) electrons. The molecular weight excluding hydrogens is 415 g/mol. The Bertz CT molecular complexity index is 1040. The molecule has 148 valence electrons. The number of benzene rings is 2. The molecule has 2 aromatic carbocycles. The first-order chi connectivity index (χ1) is 14.0. The van der Waals surface area contributed by atoms with Crippen LogP contribution in [-0.2, 0) is 9.59 Å². The Kier molecular flexibility index (Phi) is 5.50. The Morgan fingerprint density at radius 3 is 2.86 bits per heavy atom. The van der Waals surface area contributed by atoms with E-state index in [1.807, 2.05) is 0 Å². The Morgan fingerprint density at radius 1 is 1.24 bits per heavy atom. The summed E-state index contributed by atoms with van der Waals surface area (Å²) in [6.07, 6.45) is 1.54. The van der Waals surface area contributed by atoms with Crippen LogP contribution in [0.25, 0.3) is 6.08 Å². The average molecular weight is 430 g/mol. The summed E-state index contributed by atoms with van der Waals surface area (Å²) in [5.74, 6) is 0.177. The lowest BCUT2D eigenvalue weighted by Crippen LogP contribution is -2.31. The second kappa shape index (κ2) is 8.22. The third-order valence-electron chi connectivity index (χ3n) is 4.28. The molecule has 0 saturated carbocycles. The number of anilines is 1. The molecule has 0 aliphatic carbocycles. The Hall–Kier alpha value is -2.91. The Morgan fingerprint density at radius 2 is 2.03 bits per heavy atom. The summed E-state index contributed by atoms with van der Waals surface area (Å²) in [4.78, 5) is 26.5. The molecule has 0 atom stereocenters. The lowest BCUT2D eigenvalue weighted by atomic mass is 10.2. The van der Waals surface area contributed by atoms with Crippen molar-refractivity contribution < 1.29 is 23.5 Å². The summed E-state index contributed by atoms with van der Waals surface area (Å²) in [7, 11) is 0. The fourth-order valence-corrected chi connectivity index (χ4v) is 4.14. The van der Waals surface area contributed by atoms with E-state index in [2.05, 4.69) is 5.32 Å². The number of thiocarbonyl (C=S) groups is 1. The van der Waals surface area contributed by atoms with Crippen molar-refractivity contribution >= 4 is 51.9 Å². The third-order valence-corrected chi connectivity index (χ3v) is 5.66. The van der Waals surface area contributed by atoms with Crippen molar-refractivity contribution in [3.05, 3.63) is 58.8 Å². The molecule has 2 heterocycles. The fraction of sp³-hybridized carbons (Fsp3) is 0.150. The van der Waals surface area contributed by atoms with E-state index in [1.54, 1.807) is 36.4 Å². The minimum absolute atomic E-state index is 0.0634. The van der Waals surface area contributed by atoms with E-state index in [4.69, 9.17) is 21.7 Å². The number of carbonyl (C=O) groups excluding carboxylic acids is 2. The highest BCUT2D eigenvalue weighted by molar-refractivity contribution is 8.26. The van der Waals surface area contributed by atoms with Crippen LogP contribution in [-0.4, -0.2) is 34.4 Å². The topological polar surface area (TPSA) is 67.9 Å². The van der Waals surface area contributed by atoms with Gasteiger partial charge in [0, 0.05) is 30.3 Å². The average Bonchev–Trinajstić information content (AvgIpc) is 3.26. The number of carbonyl (C=O) groups is 2. The molecule has 2 aliphatic rings. The summed E-state index contributed by atoms with van der Waals surface area (Å²) in [6.45, 7) is 0.289. The lowest BCUT2D eigenvalue weighted by molar-refractivity contribution is -0.122. The molecular formula is C20H15FN2O4S2. The van der Waals surface area contributed by atoms with Gasteiger partial charge in [-0.1, -0.05) is 42.2 Å². The highest BCUT2D eigenvalue weighted by Gasteiger charge is 2.32. The number of nitrogens with one attached hydrogen (secondary N) is 1. The summed E-state index contributed by atoms with van der Waals surface area (Å²) in [6, 6.07) is 11.3. The fourth-order valence-electron chi connectivity index (χ4n) is 2.84. The molecule has 2 amide bonds.